The number of benzene rings is 2. The van der Waals surface area contributed by atoms with Gasteiger partial charge in [0.25, 0.3) is 11.8 Å². The second-order valence-electron chi connectivity index (χ2n) is 7.43. The molecular formula is C22H26ClN3O4S. The zero-order chi connectivity index (χ0) is 22.4. The number of piperidine rings is 1. The number of hydrogen-bond acceptors (Lipinski definition) is 4. The first-order valence-electron chi connectivity index (χ1n) is 10.2. The largest absolute Gasteiger partial charge is 0.350 e. The molecule has 0 atom stereocenters. The molecule has 0 saturated carbocycles. The lowest BCUT2D eigenvalue weighted by Gasteiger charge is -2.26. The fraction of sp³-hybridized carbons (Fsp3) is 0.364. The van der Waals surface area contributed by atoms with Crippen LogP contribution in [0.5, 0.6) is 0 Å². The molecule has 0 spiro atoms. The molecule has 7 nitrogen and oxygen atoms in total. The lowest BCUT2D eigenvalue weighted by atomic mass is 10.1. The van der Waals surface area contributed by atoms with Crippen molar-refractivity contribution < 1.29 is 18.0 Å². The highest BCUT2D eigenvalue weighted by atomic mass is 35.5. The van der Waals surface area contributed by atoms with Gasteiger partial charge in [0.05, 0.1) is 15.5 Å². The third-order valence-corrected chi connectivity index (χ3v) is 7.45. The van der Waals surface area contributed by atoms with E-state index < -0.39 is 10.0 Å². The standard InChI is InChI=1S/C22H26ClN3O4S/c1-16-9-10-17(31(29,30)26-13-5-2-6-14-26)15-19(16)22(28)25-12-11-24-21(27)18-7-3-4-8-20(18)23/h3-4,7-10,15H,2,5-6,11-14H2,1H3,(H,24,27)(H,25,28). The summed E-state index contributed by atoms with van der Waals surface area (Å²) in [6.45, 7) is 3.16. The van der Waals surface area contributed by atoms with Crippen molar-refractivity contribution in [2.24, 2.45) is 0 Å². The summed E-state index contributed by atoms with van der Waals surface area (Å²) in [6, 6.07) is 11.3. The fourth-order valence-electron chi connectivity index (χ4n) is 3.45. The molecule has 9 heteroatoms. The monoisotopic (exact) mass is 463 g/mol. The number of sulfonamides is 1. The number of hydrogen-bond donors (Lipinski definition) is 2. The molecule has 0 radical (unpaired) electrons. The number of nitrogens with zero attached hydrogens (tertiary/aromatic N) is 1. The van der Waals surface area contributed by atoms with Crippen LogP contribution < -0.4 is 10.6 Å². The SMILES string of the molecule is Cc1ccc(S(=O)(=O)N2CCCCC2)cc1C(=O)NCCNC(=O)c1ccccc1Cl. The third kappa shape index (κ3) is 5.64. The van der Waals surface area contributed by atoms with Gasteiger partial charge < -0.3 is 10.6 Å². The minimum atomic E-state index is -3.62. The summed E-state index contributed by atoms with van der Waals surface area (Å²) < 4.78 is 27.3. The maximum atomic E-state index is 12.9. The van der Waals surface area contributed by atoms with Crippen LogP contribution in [0.3, 0.4) is 0 Å². The van der Waals surface area contributed by atoms with Gasteiger partial charge >= 0.3 is 0 Å². The lowest BCUT2D eigenvalue weighted by Crippen LogP contribution is -2.36. The summed E-state index contributed by atoms with van der Waals surface area (Å²) in [6.07, 6.45) is 2.72. The maximum absolute atomic E-state index is 12.9. The molecule has 1 saturated heterocycles. The predicted octanol–water partition coefficient (Wildman–Crippen LogP) is 2.98. The molecule has 0 unspecified atom stereocenters. The van der Waals surface area contributed by atoms with Crippen molar-refractivity contribution in [3.05, 3.63) is 64.2 Å². The van der Waals surface area contributed by atoms with Crippen LogP contribution >= 0.6 is 11.6 Å². The van der Waals surface area contributed by atoms with Crippen molar-refractivity contribution in [3.8, 4) is 0 Å². The Hall–Kier alpha value is -2.42. The molecule has 3 rings (SSSR count). The Morgan fingerprint density at radius 1 is 0.935 bits per heavy atom. The van der Waals surface area contributed by atoms with E-state index in [1.807, 2.05) is 0 Å². The van der Waals surface area contributed by atoms with E-state index in [2.05, 4.69) is 10.6 Å². The summed E-state index contributed by atoms with van der Waals surface area (Å²) in [5, 5.41) is 5.78. The van der Waals surface area contributed by atoms with Gasteiger partial charge in [-0.25, -0.2) is 8.42 Å². The Morgan fingerprint density at radius 3 is 2.19 bits per heavy atom. The van der Waals surface area contributed by atoms with Crippen LogP contribution in [0.1, 0.15) is 45.5 Å². The van der Waals surface area contributed by atoms with Crippen LogP contribution in [0.4, 0.5) is 0 Å². The highest BCUT2D eigenvalue weighted by Gasteiger charge is 2.27. The Labute approximate surface area is 187 Å². The minimum absolute atomic E-state index is 0.122. The molecule has 2 aromatic rings. The zero-order valence-electron chi connectivity index (χ0n) is 17.4. The lowest BCUT2D eigenvalue weighted by molar-refractivity contribution is 0.0927. The number of nitrogens with one attached hydrogen (secondary N) is 2. The number of aryl methyl sites for hydroxylation is 1. The van der Waals surface area contributed by atoms with Crippen molar-refractivity contribution in [3.63, 3.8) is 0 Å². The highest BCUT2D eigenvalue weighted by Crippen LogP contribution is 2.23. The maximum Gasteiger partial charge on any atom is 0.252 e. The van der Waals surface area contributed by atoms with E-state index in [0.29, 0.717) is 34.8 Å². The van der Waals surface area contributed by atoms with E-state index in [9.17, 15) is 18.0 Å². The topological polar surface area (TPSA) is 95.6 Å². The summed E-state index contributed by atoms with van der Waals surface area (Å²) in [5.74, 6) is -0.717. The molecule has 1 fully saturated rings. The molecule has 1 aliphatic heterocycles. The summed E-state index contributed by atoms with van der Waals surface area (Å²) in [5.41, 5.74) is 1.34. The first-order chi connectivity index (χ1) is 14.8. The fourth-order valence-corrected chi connectivity index (χ4v) is 5.21. The quantitative estimate of drug-likeness (QED) is 0.617. The number of rotatable bonds is 7. The van der Waals surface area contributed by atoms with Gasteiger partial charge in [-0.2, -0.15) is 4.31 Å². The van der Waals surface area contributed by atoms with Crippen molar-refractivity contribution in [1.82, 2.24) is 14.9 Å². The zero-order valence-corrected chi connectivity index (χ0v) is 18.9. The van der Waals surface area contributed by atoms with Crippen LogP contribution in [0.2, 0.25) is 5.02 Å². The van der Waals surface area contributed by atoms with Gasteiger partial charge in [-0.3, -0.25) is 9.59 Å². The Bertz CT molecular complexity index is 1070. The van der Waals surface area contributed by atoms with Crippen LogP contribution in [0.15, 0.2) is 47.4 Å². The van der Waals surface area contributed by atoms with Crippen molar-refractivity contribution in [2.75, 3.05) is 26.2 Å². The molecule has 2 N–H and O–H groups in total. The van der Waals surface area contributed by atoms with E-state index in [1.54, 1.807) is 43.3 Å². The van der Waals surface area contributed by atoms with Gasteiger partial charge in [0.1, 0.15) is 0 Å². The normalized spacial score (nSPS) is 14.8. The van der Waals surface area contributed by atoms with Gasteiger partial charge in [-0.1, -0.05) is 36.2 Å². The van der Waals surface area contributed by atoms with Gasteiger partial charge in [0, 0.05) is 31.7 Å². The van der Waals surface area contributed by atoms with E-state index in [-0.39, 0.29) is 29.8 Å². The van der Waals surface area contributed by atoms with Gasteiger partial charge in [-0.05, 0) is 49.6 Å². The van der Waals surface area contributed by atoms with Gasteiger partial charge in [0.2, 0.25) is 10.0 Å². The second-order valence-corrected chi connectivity index (χ2v) is 9.78. The van der Waals surface area contributed by atoms with Crippen molar-refractivity contribution in [1.29, 1.82) is 0 Å². The van der Waals surface area contributed by atoms with Crippen molar-refractivity contribution in [2.45, 2.75) is 31.1 Å². The average molecular weight is 464 g/mol. The van der Waals surface area contributed by atoms with Crippen LogP contribution in [0.25, 0.3) is 0 Å². The molecule has 31 heavy (non-hydrogen) atoms. The molecule has 2 aromatic carbocycles. The summed E-state index contributed by atoms with van der Waals surface area (Å²) >= 11 is 6.00. The number of carbonyl (C=O) groups excluding carboxylic acids is 2. The van der Waals surface area contributed by atoms with E-state index in [1.165, 1.54) is 10.4 Å². The van der Waals surface area contributed by atoms with Gasteiger partial charge in [0.15, 0.2) is 0 Å². The third-order valence-electron chi connectivity index (χ3n) is 5.22. The highest BCUT2D eigenvalue weighted by molar-refractivity contribution is 7.89. The minimum Gasteiger partial charge on any atom is -0.350 e. The number of amides is 2. The van der Waals surface area contributed by atoms with Gasteiger partial charge in [-0.15, -0.1) is 0 Å². The average Bonchev–Trinajstić information content (AvgIpc) is 2.77. The molecule has 2 amide bonds. The molecule has 0 aromatic heterocycles. The molecule has 1 heterocycles. The van der Waals surface area contributed by atoms with Crippen LogP contribution in [-0.2, 0) is 10.0 Å². The summed E-state index contributed by atoms with van der Waals surface area (Å²) in [4.78, 5) is 24.9. The first-order valence-corrected chi connectivity index (χ1v) is 12.0. The Kier molecular flexibility index (Phi) is 7.69. The molecule has 0 bridgehead atoms. The second kappa shape index (κ2) is 10.3. The Morgan fingerprint density at radius 2 is 1.55 bits per heavy atom. The summed E-state index contributed by atoms with van der Waals surface area (Å²) in [7, 11) is -3.62. The van der Waals surface area contributed by atoms with E-state index >= 15 is 0 Å². The number of carbonyl (C=O) groups is 2. The smallest absolute Gasteiger partial charge is 0.252 e. The van der Waals surface area contributed by atoms with Crippen molar-refractivity contribution >= 4 is 33.4 Å². The molecule has 0 aliphatic carbocycles. The molecule has 166 valence electrons. The van der Waals surface area contributed by atoms with Crippen LogP contribution in [-0.4, -0.2) is 50.7 Å². The van der Waals surface area contributed by atoms with E-state index in [4.69, 9.17) is 11.6 Å². The van der Waals surface area contributed by atoms with E-state index in [0.717, 1.165) is 19.3 Å². The Balaban J connectivity index is 1.61. The molecular weight excluding hydrogens is 438 g/mol. The molecule has 1 aliphatic rings. The number of halogens is 1. The predicted molar refractivity (Wildman–Crippen MR) is 120 cm³/mol. The van der Waals surface area contributed by atoms with Crippen LogP contribution in [0, 0.1) is 6.92 Å². The first kappa shape index (κ1) is 23.2.